The van der Waals surface area contributed by atoms with E-state index >= 15 is 0 Å². The molecule has 20 heavy (non-hydrogen) atoms. The molecule has 1 atom stereocenters. The van der Waals surface area contributed by atoms with Crippen molar-refractivity contribution < 1.29 is 8.42 Å². The Hall–Kier alpha value is -0.910. The van der Waals surface area contributed by atoms with Gasteiger partial charge in [-0.15, -0.1) is 0 Å². The van der Waals surface area contributed by atoms with E-state index in [0.29, 0.717) is 6.54 Å². The van der Waals surface area contributed by atoms with E-state index < -0.39 is 10.0 Å². The van der Waals surface area contributed by atoms with Gasteiger partial charge in [-0.05, 0) is 37.8 Å². The second-order valence-corrected chi connectivity index (χ2v) is 7.26. The van der Waals surface area contributed by atoms with Crippen molar-refractivity contribution in [1.82, 2.24) is 10.0 Å². The van der Waals surface area contributed by atoms with Gasteiger partial charge in [0.1, 0.15) is 0 Å². The lowest BCUT2D eigenvalue weighted by molar-refractivity contribution is 0.422. The highest BCUT2D eigenvalue weighted by Crippen LogP contribution is 2.08. The fourth-order valence-corrected chi connectivity index (χ4v) is 3.94. The van der Waals surface area contributed by atoms with Crippen LogP contribution in [-0.4, -0.2) is 33.3 Å². The summed E-state index contributed by atoms with van der Waals surface area (Å²) in [6.45, 7) is 1.46. The molecule has 2 N–H and O–H groups in total. The molecule has 0 amide bonds. The van der Waals surface area contributed by atoms with Gasteiger partial charge in [0, 0.05) is 12.6 Å². The molecule has 0 spiro atoms. The van der Waals surface area contributed by atoms with Gasteiger partial charge in [0.15, 0.2) is 0 Å². The standard InChI is InChI=1S/C15H24N2O2S/c18-20(19,13-15-10-4-5-11-16-15)17-12-6-9-14-7-2-1-3-8-14/h1-3,7-8,15-17H,4-6,9-13H2. The fourth-order valence-electron chi connectivity index (χ4n) is 2.55. The highest BCUT2D eigenvalue weighted by molar-refractivity contribution is 7.89. The van der Waals surface area contributed by atoms with Crippen LogP contribution in [0.25, 0.3) is 0 Å². The minimum atomic E-state index is -3.15. The monoisotopic (exact) mass is 296 g/mol. The quantitative estimate of drug-likeness (QED) is 0.753. The lowest BCUT2D eigenvalue weighted by Crippen LogP contribution is -2.42. The van der Waals surface area contributed by atoms with E-state index in [1.54, 1.807) is 0 Å². The predicted molar refractivity (Wildman–Crippen MR) is 82.2 cm³/mol. The Morgan fingerprint density at radius 3 is 2.70 bits per heavy atom. The molecular formula is C15H24N2O2S. The molecule has 1 aliphatic rings. The number of rotatable bonds is 7. The van der Waals surface area contributed by atoms with E-state index in [2.05, 4.69) is 22.2 Å². The lowest BCUT2D eigenvalue weighted by atomic mass is 10.1. The number of nitrogens with one attached hydrogen (secondary N) is 2. The van der Waals surface area contributed by atoms with Crippen molar-refractivity contribution in [1.29, 1.82) is 0 Å². The summed E-state index contributed by atoms with van der Waals surface area (Å²) in [5.41, 5.74) is 1.25. The van der Waals surface area contributed by atoms with E-state index in [-0.39, 0.29) is 11.8 Å². The second-order valence-electron chi connectivity index (χ2n) is 5.41. The Morgan fingerprint density at radius 2 is 2.00 bits per heavy atom. The first-order chi connectivity index (χ1) is 9.66. The molecule has 5 heteroatoms. The Bertz CT molecular complexity index is 482. The lowest BCUT2D eigenvalue weighted by Gasteiger charge is -2.23. The van der Waals surface area contributed by atoms with Crippen LogP contribution in [0, 0.1) is 0 Å². The molecule has 0 aliphatic carbocycles. The minimum absolute atomic E-state index is 0.121. The summed E-state index contributed by atoms with van der Waals surface area (Å²) in [4.78, 5) is 0. The van der Waals surface area contributed by atoms with Crippen LogP contribution in [0.1, 0.15) is 31.2 Å². The van der Waals surface area contributed by atoms with Gasteiger partial charge in [-0.2, -0.15) is 0 Å². The van der Waals surface area contributed by atoms with Crippen molar-refractivity contribution in [2.75, 3.05) is 18.8 Å². The first-order valence-corrected chi connectivity index (χ1v) is 9.05. The van der Waals surface area contributed by atoms with Crippen molar-refractivity contribution in [2.24, 2.45) is 0 Å². The van der Waals surface area contributed by atoms with Gasteiger partial charge in [-0.1, -0.05) is 36.8 Å². The van der Waals surface area contributed by atoms with E-state index in [9.17, 15) is 8.42 Å². The third-order valence-electron chi connectivity index (χ3n) is 3.64. The van der Waals surface area contributed by atoms with Crippen molar-refractivity contribution in [3.05, 3.63) is 35.9 Å². The summed E-state index contributed by atoms with van der Waals surface area (Å²) in [6.07, 6.45) is 4.99. The van der Waals surface area contributed by atoms with E-state index in [1.165, 1.54) is 5.56 Å². The molecule has 0 aromatic heterocycles. The number of hydrogen-bond donors (Lipinski definition) is 2. The Kier molecular flexibility index (Phi) is 6.01. The molecule has 1 aromatic rings. The van der Waals surface area contributed by atoms with E-state index in [0.717, 1.165) is 38.6 Å². The number of hydrogen-bond acceptors (Lipinski definition) is 3. The third kappa shape index (κ3) is 5.61. The van der Waals surface area contributed by atoms with Crippen LogP contribution in [0.2, 0.25) is 0 Å². The molecule has 1 aliphatic heterocycles. The molecule has 0 bridgehead atoms. The van der Waals surface area contributed by atoms with Crippen LogP contribution in [0.5, 0.6) is 0 Å². The summed E-state index contributed by atoms with van der Waals surface area (Å²) in [5.74, 6) is 0.207. The summed E-state index contributed by atoms with van der Waals surface area (Å²) in [7, 11) is -3.15. The maximum Gasteiger partial charge on any atom is 0.213 e. The van der Waals surface area contributed by atoms with Crippen LogP contribution >= 0.6 is 0 Å². The van der Waals surface area contributed by atoms with E-state index in [1.807, 2.05) is 18.2 Å². The third-order valence-corrected chi connectivity index (χ3v) is 5.13. The number of sulfonamides is 1. The van der Waals surface area contributed by atoms with Crippen LogP contribution in [0.3, 0.4) is 0 Å². The average Bonchev–Trinajstić information content (AvgIpc) is 2.45. The molecule has 1 unspecified atom stereocenters. The topological polar surface area (TPSA) is 58.2 Å². The zero-order valence-corrected chi connectivity index (χ0v) is 12.7. The van der Waals surface area contributed by atoms with Gasteiger partial charge < -0.3 is 5.32 Å². The summed E-state index contributed by atoms with van der Waals surface area (Å²) in [6, 6.07) is 10.3. The highest BCUT2D eigenvalue weighted by Gasteiger charge is 2.20. The molecule has 1 heterocycles. The number of benzene rings is 1. The normalized spacial score (nSPS) is 19.9. The number of piperidine rings is 1. The molecular weight excluding hydrogens is 272 g/mol. The van der Waals surface area contributed by atoms with Gasteiger partial charge in [0.05, 0.1) is 5.75 Å². The molecule has 1 aromatic carbocycles. The maximum absolute atomic E-state index is 12.0. The first-order valence-electron chi connectivity index (χ1n) is 7.40. The SMILES string of the molecule is O=S(=O)(CC1CCCCN1)NCCCc1ccccc1. The van der Waals surface area contributed by atoms with Crippen LogP contribution < -0.4 is 10.0 Å². The zero-order chi connectivity index (χ0) is 14.3. The van der Waals surface area contributed by atoms with Crippen molar-refractivity contribution >= 4 is 10.0 Å². The van der Waals surface area contributed by atoms with Crippen molar-refractivity contribution in [3.8, 4) is 0 Å². The molecule has 4 nitrogen and oxygen atoms in total. The van der Waals surface area contributed by atoms with Crippen LogP contribution in [0.15, 0.2) is 30.3 Å². The fraction of sp³-hybridized carbons (Fsp3) is 0.600. The Morgan fingerprint density at radius 1 is 1.20 bits per heavy atom. The largest absolute Gasteiger partial charge is 0.313 e. The summed E-state index contributed by atoms with van der Waals surface area (Å²) < 4.78 is 26.6. The smallest absolute Gasteiger partial charge is 0.213 e. The Balaban J connectivity index is 1.67. The first kappa shape index (κ1) is 15.5. The van der Waals surface area contributed by atoms with Crippen LogP contribution in [0.4, 0.5) is 0 Å². The van der Waals surface area contributed by atoms with Gasteiger partial charge in [-0.3, -0.25) is 0 Å². The zero-order valence-electron chi connectivity index (χ0n) is 11.8. The molecule has 112 valence electrons. The van der Waals surface area contributed by atoms with Gasteiger partial charge in [0.2, 0.25) is 10.0 Å². The molecule has 2 rings (SSSR count). The van der Waals surface area contributed by atoms with Gasteiger partial charge >= 0.3 is 0 Å². The van der Waals surface area contributed by atoms with E-state index in [4.69, 9.17) is 0 Å². The van der Waals surface area contributed by atoms with Crippen LogP contribution in [-0.2, 0) is 16.4 Å². The molecule has 1 saturated heterocycles. The second kappa shape index (κ2) is 7.76. The number of aryl methyl sites for hydroxylation is 1. The molecule has 0 radical (unpaired) electrons. The highest BCUT2D eigenvalue weighted by atomic mass is 32.2. The van der Waals surface area contributed by atoms with Gasteiger partial charge in [0.25, 0.3) is 0 Å². The van der Waals surface area contributed by atoms with Crippen molar-refractivity contribution in [2.45, 2.75) is 38.1 Å². The average molecular weight is 296 g/mol. The summed E-state index contributed by atoms with van der Waals surface area (Å²) in [5, 5.41) is 3.27. The maximum atomic E-state index is 12.0. The molecule has 0 saturated carbocycles. The Labute approximate surface area is 122 Å². The predicted octanol–water partition coefficient (Wildman–Crippen LogP) is 1.68. The minimum Gasteiger partial charge on any atom is -0.313 e. The van der Waals surface area contributed by atoms with Gasteiger partial charge in [-0.25, -0.2) is 13.1 Å². The summed E-state index contributed by atoms with van der Waals surface area (Å²) >= 11 is 0. The molecule has 1 fully saturated rings. The van der Waals surface area contributed by atoms with Crippen molar-refractivity contribution in [3.63, 3.8) is 0 Å².